The molecule has 9 rings (SSSR count). The minimum Gasteiger partial charge on any atom is -0.456 e. The van der Waals surface area contributed by atoms with Crippen molar-refractivity contribution in [1.82, 2.24) is 19.9 Å². The summed E-state index contributed by atoms with van der Waals surface area (Å²) < 4.78 is 7.54. The summed E-state index contributed by atoms with van der Waals surface area (Å²) in [6, 6.07) is 45.3. The number of nitrogens with zero attached hydrogens (tertiary/aromatic N) is 4. The fourth-order valence-electron chi connectivity index (χ4n) is 5.77. The predicted octanol–water partition coefficient (Wildman–Crippen LogP) is 10.2. The Labute approximate surface area is 256 Å². The Bertz CT molecular complexity index is 2500. The molecule has 9 aromatic rings. The second kappa shape index (κ2) is 9.93. The van der Waals surface area contributed by atoms with Crippen LogP contribution in [0.15, 0.2) is 138 Å². The maximum absolute atomic E-state index is 6.41. The van der Waals surface area contributed by atoms with Gasteiger partial charge in [-0.25, -0.2) is 19.9 Å². The number of aromatic nitrogens is 4. The van der Waals surface area contributed by atoms with E-state index in [-0.39, 0.29) is 0 Å². The Morgan fingerprint density at radius 2 is 1.09 bits per heavy atom. The first kappa shape index (κ1) is 24.8. The van der Waals surface area contributed by atoms with Gasteiger partial charge in [0.25, 0.3) is 0 Å². The lowest BCUT2D eigenvalue weighted by Crippen LogP contribution is -2.00. The van der Waals surface area contributed by atoms with Gasteiger partial charge in [-0.3, -0.25) is 0 Å². The van der Waals surface area contributed by atoms with Crippen molar-refractivity contribution in [2.75, 3.05) is 0 Å². The molecule has 0 unspecified atom stereocenters. The molecule has 3 aromatic heterocycles. The van der Waals surface area contributed by atoms with E-state index in [2.05, 4.69) is 60.7 Å². The lowest BCUT2D eigenvalue weighted by molar-refractivity contribution is 0.669. The van der Waals surface area contributed by atoms with Gasteiger partial charge in [-0.05, 0) is 41.1 Å². The van der Waals surface area contributed by atoms with Crippen molar-refractivity contribution in [2.45, 2.75) is 0 Å². The number of thiazole rings is 1. The molecular weight excluding hydrogens is 561 g/mol. The van der Waals surface area contributed by atoms with E-state index < -0.39 is 0 Å². The molecule has 0 amide bonds. The largest absolute Gasteiger partial charge is 0.456 e. The van der Waals surface area contributed by atoms with Gasteiger partial charge in [0.05, 0.1) is 15.6 Å². The van der Waals surface area contributed by atoms with E-state index in [1.54, 1.807) is 11.3 Å². The highest BCUT2D eigenvalue weighted by Crippen LogP contribution is 2.40. The average molecular weight is 583 g/mol. The Hall–Kier alpha value is -5.72. The maximum atomic E-state index is 6.41. The van der Waals surface area contributed by atoms with Gasteiger partial charge in [-0.2, -0.15) is 0 Å². The van der Waals surface area contributed by atoms with Gasteiger partial charge in [0.15, 0.2) is 17.5 Å². The van der Waals surface area contributed by atoms with E-state index in [1.807, 2.05) is 72.8 Å². The summed E-state index contributed by atoms with van der Waals surface area (Å²) in [7, 11) is 0. The van der Waals surface area contributed by atoms with E-state index in [4.69, 9.17) is 24.4 Å². The van der Waals surface area contributed by atoms with Crippen LogP contribution in [0.1, 0.15) is 0 Å². The van der Waals surface area contributed by atoms with Crippen molar-refractivity contribution in [2.24, 2.45) is 0 Å². The SMILES string of the molecule is c1ccc(-c2nc(-c3ccc4ccccc4c3)nc(-c3ccc4c(c3)oc3ccc5sc(-c6ccccc6)nc5c34)n2)cc1. The molecule has 0 radical (unpaired) electrons. The Kier molecular flexibility index (Phi) is 5.61. The zero-order valence-electron chi connectivity index (χ0n) is 23.3. The van der Waals surface area contributed by atoms with E-state index in [9.17, 15) is 0 Å². The maximum Gasteiger partial charge on any atom is 0.164 e. The minimum absolute atomic E-state index is 0.592. The molecule has 0 fully saturated rings. The molecule has 0 aliphatic carbocycles. The molecule has 0 N–H and O–H groups in total. The number of benzene rings is 6. The van der Waals surface area contributed by atoms with Gasteiger partial charge in [-0.15, -0.1) is 11.3 Å². The fourth-order valence-corrected chi connectivity index (χ4v) is 6.75. The molecule has 0 saturated carbocycles. The highest BCUT2D eigenvalue weighted by Gasteiger charge is 2.18. The third kappa shape index (κ3) is 4.15. The van der Waals surface area contributed by atoms with Crippen molar-refractivity contribution in [3.63, 3.8) is 0 Å². The number of fused-ring (bicyclic) bond motifs is 6. The van der Waals surface area contributed by atoms with Gasteiger partial charge in [-0.1, -0.05) is 103 Å². The molecule has 0 spiro atoms. The van der Waals surface area contributed by atoms with Gasteiger partial charge in [0.2, 0.25) is 0 Å². The summed E-state index contributed by atoms with van der Waals surface area (Å²) in [6.45, 7) is 0. The number of hydrogen-bond acceptors (Lipinski definition) is 6. The lowest BCUT2D eigenvalue weighted by Gasteiger charge is -2.09. The van der Waals surface area contributed by atoms with E-state index in [0.717, 1.165) is 64.8 Å². The number of hydrogen-bond donors (Lipinski definition) is 0. The second-order valence-electron chi connectivity index (χ2n) is 10.7. The van der Waals surface area contributed by atoms with Crippen LogP contribution < -0.4 is 0 Å². The Morgan fingerprint density at radius 3 is 1.86 bits per heavy atom. The Morgan fingerprint density at radius 1 is 0.455 bits per heavy atom. The highest BCUT2D eigenvalue weighted by atomic mass is 32.1. The smallest absolute Gasteiger partial charge is 0.164 e. The summed E-state index contributed by atoms with van der Waals surface area (Å²) in [6.07, 6.45) is 0. The Balaban J connectivity index is 1.21. The van der Waals surface area contributed by atoms with Crippen molar-refractivity contribution in [1.29, 1.82) is 0 Å². The molecule has 3 heterocycles. The van der Waals surface area contributed by atoms with Gasteiger partial charge < -0.3 is 4.42 Å². The molecular formula is C38H22N4OS. The zero-order valence-corrected chi connectivity index (χ0v) is 24.1. The van der Waals surface area contributed by atoms with Crippen LogP contribution in [0, 0.1) is 0 Å². The van der Waals surface area contributed by atoms with Crippen LogP contribution in [0.25, 0.3) is 87.7 Å². The van der Waals surface area contributed by atoms with E-state index in [0.29, 0.717) is 17.5 Å². The first-order chi connectivity index (χ1) is 21.8. The van der Waals surface area contributed by atoms with Crippen LogP contribution in [0.3, 0.4) is 0 Å². The molecule has 0 aliphatic heterocycles. The first-order valence-corrected chi connectivity index (χ1v) is 15.2. The van der Waals surface area contributed by atoms with Crippen LogP contribution in [0.2, 0.25) is 0 Å². The normalized spacial score (nSPS) is 11.6. The lowest BCUT2D eigenvalue weighted by atomic mass is 10.1. The third-order valence-corrected chi connectivity index (χ3v) is 9.02. The molecule has 0 saturated heterocycles. The molecule has 0 bridgehead atoms. The van der Waals surface area contributed by atoms with Gasteiger partial charge in [0.1, 0.15) is 16.2 Å². The molecule has 206 valence electrons. The van der Waals surface area contributed by atoms with E-state index >= 15 is 0 Å². The highest BCUT2D eigenvalue weighted by molar-refractivity contribution is 7.21. The predicted molar refractivity (Wildman–Crippen MR) is 180 cm³/mol. The zero-order chi connectivity index (χ0) is 29.0. The van der Waals surface area contributed by atoms with Crippen molar-refractivity contribution in [3.8, 4) is 44.7 Å². The van der Waals surface area contributed by atoms with Gasteiger partial charge >= 0.3 is 0 Å². The minimum atomic E-state index is 0.592. The summed E-state index contributed by atoms with van der Waals surface area (Å²) in [5.74, 6) is 1.84. The number of furan rings is 1. The van der Waals surface area contributed by atoms with Crippen LogP contribution >= 0.6 is 11.3 Å². The monoisotopic (exact) mass is 582 g/mol. The van der Waals surface area contributed by atoms with Crippen LogP contribution in [-0.2, 0) is 0 Å². The van der Waals surface area contributed by atoms with Crippen LogP contribution in [0.4, 0.5) is 0 Å². The van der Waals surface area contributed by atoms with Crippen LogP contribution in [0.5, 0.6) is 0 Å². The van der Waals surface area contributed by atoms with Crippen molar-refractivity contribution < 1.29 is 4.42 Å². The summed E-state index contributed by atoms with van der Waals surface area (Å²) >= 11 is 1.70. The summed E-state index contributed by atoms with van der Waals surface area (Å²) in [4.78, 5) is 19.9. The molecule has 0 aliphatic rings. The van der Waals surface area contributed by atoms with Crippen molar-refractivity contribution in [3.05, 3.63) is 133 Å². The standard InChI is InChI=1S/C38H22N4OS/c1-3-10-24(11-4-1)35-40-36(27-16-15-23-9-7-8-14-26(23)21-27)42-37(41-35)28-17-18-29-31(22-28)43-30-19-20-32-34(33(29)30)39-38(44-32)25-12-5-2-6-13-25/h1-22H. The second-order valence-corrected chi connectivity index (χ2v) is 11.7. The molecule has 0 atom stereocenters. The van der Waals surface area contributed by atoms with E-state index in [1.165, 1.54) is 5.39 Å². The molecule has 6 aromatic carbocycles. The molecule has 5 nitrogen and oxygen atoms in total. The third-order valence-electron chi connectivity index (χ3n) is 7.95. The van der Waals surface area contributed by atoms with Crippen molar-refractivity contribution >= 4 is 54.3 Å². The number of rotatable bonds is 4. The summed E-state index contributed by atoms with van der Waals surface area (Å²) in [5.41, 5.74) is 6.39. The summed E-state index contributed by atoms with van der Waals surface area (Å²) in [5, 5.41) is 5.36. The topological polar surface area (TPSA) is 64.7 Å². The molecule has 6 heteroatoms. The van der Waals surface area contributed by atoms with Gasteiger partial charge in [0, 0.05) is 27.6 Å². The van der Waals surface area contributed by atoms with Crippen LogP contribution in [-0.4, -0.2) is 19.9 Å². The fraction of sp³-hybridized carbons (Fsp3) is 0. The quantitative estimate of drug-likeness (QED) is 0.207. The average Bonchev–Trinajstić information content (AvgIpc) is 3.70. The first-order valence-electron chi connectivity index (χ1n) is 14.4. The molecule has 44 heavy (non-hydrogen) atoms.